The molecule has 0 aromatic carbocycles. The summed E-state index contributed by atoms with van der Waals surface area (Å²) in [6.45, 7) is 15.2. The first-order chi connectivity index (χ1) is 4.57. The van der Waals surface area contributed by atoms with Crippen molar-refractivity contribution >= 4 is 0 Å². The van der Waals surface area contributed by atoms with E-state index in [0.29, 0.717) is 6.04 Å². The molecule has 0 spiro atoms. The minimum Gasteiger partial charge on any atom is -0.308 e. The summed E-state index contributed by atoms with van der Waals surface area (Å²) in [7, 11) is 0. The molecule has 56 valence electrons. The summed E-state index contributed by atoms with van der Waals surface area (Å²) in [5, 5.41) is 0. The molecule has 2 nitrogen and oxygen atoms in total. The summed E-state index contributed by atoms with van der Waals surface area (Å²) >= 11 is 0. The molecule has 1 aliphatic rings. The highest BCUT2D eigenvalue weighted by Gasteiger charge is 2.45. The highest BCUT2D eigenvalue weighted by molar-refractivity contribution is 5.07. The van der Waals surface area contributed by atoms with Gasteiger partial charge in [-0.25, -0.2) is 6.57 Å². The molecular formula is C8H14N2. The Bertz CT molecular complexity index is 161. The molecule has 0 aromatic heterocycles. The maximum Gasteiger partial charge on any atom is 0.254 e. The lowest BCUT2D eigenvalue weighted by molar-refractivity contribution is 0.0763. The lowest BCUT2D eigenvalue weighted by atomic mass is 9.92. The topological polar surface area (TPSA) is 7.60 Å². The summed E-state index contributed by atoms with van der Waals surface area (Å²) < 4.78 is 0. The summed E-state index contributed by atoms with van der Waals surface area (Å²) in [6.07, 6.45) is 0. The highest BCUT2D eigenvalue weighted by Crippen LogP contribution is 2.25. The minimum atomic E-state index is -0.0652. The summed E-state index contributed by atoms with van der Waals surface area (Å²) in [5.41, 5.74) is -0.0652. The van der Waals surface area contributed by atoms with Crippen LogP contribution in [0, 0.1) is 6.57 Å². The van der Waals surface area contributed by atoms with Gasteiger partial charge >= 0.3 is 0 Å². The molecule has 1 rings (SSSR count). The average molecular weight is 138 g/mol. The van der Waals surface area contributed by atoms with Crippen LogP contribution in [-0.2, 0) is 0 Å². The standard InChI is InChI=1S/C8H14N2/c1-7(2)10-5-8(3,6-10)9-4/h7H,5-6H2,1-3H3. The van der Waals surface area contributed by atoms with E-state index in [9.17, 15) is 0 Å². The van der Waals surface area contributed by atoms with Crippen molar-refractivity contribution in [1.29, 1.82) is 0 Å². The normalized spacial score (nSPS) is 23.9. The van der Waals surface area contributed by atoms with Gasteiger partial charge in [0.15, 0.2) is 0 Å². The summed E-state index contributed by atoms with van der Waals surface area (Å²) in [4.78, 5) is 5.88. The van der Waals surface area contributed by atoms with Crippen LogP contribution in [0.2, 0.25) is 0 Å². The van der Waals surface area contributed by atoms with Crippen molar-refractivity contribution in [3.8, 4) is 0 Å². The zero-order chi connectivity index (χ0) is 7.78. The fraction of sp³-hybridized carbons (Fsp3) is 0.875. The van der Waals surface area contributed by atoms with Gasteiger partial charge in [-0.3, -0.25) is 4.90 Å². The maximum atomic E-state index is 6.89. The fourth-order valence-corrected chi connectivity index (χ4v) is 1.26. The van der Waals surface area contributed by atoms with E-state index >= 15 is 0 Å². The predicted molar refractivity (Wildman–Crippen MR) is 41.7 cm³/mol. The second kappa shape index (κ2) is 2.25. The van der Waals surface area contributed by atoms with Gasteiger partial charge in [-0.1, -0.05) is 0 Å². The third-order valence-corrected chi connectivity index (χ3v) is 2.09. The number of hydrogen-bond donors (Lipinski definition) is 0. The van der Waals surface area contributed by atoms with Gasteiger partial charge in [-0.2, -0.15) is 0 Å². The predicted octanol–water partition coefficient (Wildman–Crippen LogP) is 1.39. The van der Waals surface area contributed by atoms with Gasteiger partial charge in [0.25, 0.3) is 5.54 Å². The van der Waals surface area contributed by atoms with Gasteiger partial charge < -0.3 is 4.85 Å². The van der Waals surface area contributed by atoms with Crippen LogP contribution in [-0.4, -0.2) is 29.6 Å². The number of nitrogens with zero attached hydrogens (tertiary/aromatic N) is 2. The van der Waals surface area contributed by atoms with E-state index in [-0.39, 0.29) is 5.54 Å². The second-order valence-corrected chi connectivity index (χ2v) is 3.61. The molecular weight excluding hydrogens is 124 g/mol. The molecule has 1 fully saturated rings. The number of hydrogen-bond acceptors (Lipinski definition) is 1. The molecule has 0 saturated carbocycles. The Morgan fingerprint density at radius 3 is 2.30 bits per heavy atom. The van der Waals surface area contributed by atoms with Crippen molar-refractivity contribution in [2.75, 3.05) is 13.1 Å². The molecule has 0 unspecified atom stereocenters. The fourth-order valence-electron chi connectivity index (χ4n) is 1.26. The van der Waals surface area contributed by atoms with E-state index in [1.54, 1.807) is 0 Å². The van der Waals surface area contributed by atoms with Crippen molar-refractivity contribution in [3.05, 3.63) is 11.4 Å². The van der Waals surface area contributed by atoms with Crippen LogP contribution in [0.1, 0.15) is 20.8 Å². The first kappa shape index (κ1) is 7.56. The number of likely N-dealkylation sites (tertiary alicyclic amines) is 1. The lowest BCUT2D eigenvalue weighted by Gasteiger charge is -2.41. The van der Waals surface area contributed by atoms with E-state index in [1.807, 2.05) is 6.92 Å². The molecule has 0 bridgehead atoms. The van der Waals surface area contributed by atoms with Gasteiger partial charge in [0.1, 0.15) is 0 Å². The van der Waals surface area contributed by atoms with Crippen molar-refractivity contribution in [1.82, 2.24) is 4.90 Å². The van der Waals surface area contributed by atoms with Crippen molar-refractivity contribution < 1.29 is 0 Å². The second-order valence-electron chi connectivity index (χ2n) is 3.61. The van der Waals surface area contributed by atoms with Crippen molar-refractivity contribution in [2.24, 2.45) is 0 Å². The molecule has 0 atom stereocenters. The molecule has 1 aliphatic heterocycles. The first-order valence-electron chi connectivity index (χ1n) is 3.70. The van der Waals surface area contributed by atoms with Crippen LogP contribution < -0.4 is 0 Å². The Balaban J connectivity index is 2.38. The quantitative estimate of drug-likeness (QED) is 0.497. The lowest BCUT2D eigenvalue weighted by Crippen LogP contribution is -2.60. The number of rotatable bonds is 1. The zero-order valence-corrected chi connectivity index (χ0v) is 6.89. The maximum absolute atomic E-state index is 6.89. The van der Waals surface area contributed by atoms with Crippen LogP contribution in [0.4, 0.5) is 0 Å². The molecule has 0 aliphatic carbocycles. The van der Waals surface area contributed by atoms with Crippen LogP contribution in [0.3, 0.4) is 0 Å². The smallest absolute Gasteiger partial charge is 0.254 e. The average Bonchev–Trinajstić information content (AvgIpc) is 1.80. The Hall–Kier alpha value is -0.550. The van der Waals surface area contributed by atoms with Crippen molar-refractivity contribution in [3.63, 3.8) is 0 Å². The van der Waals surface area contributed by atoms with E-state index in [1.165, 1.54) is 0 Å². The molecule has 1 saturated heterocycles. The van der Waals surface area contributed by atoms with E-state index in [2.05, 4.69) is 23.6 Å². The summed E-state index contributed by atoms with van der Waals surface area (Å²) in [6, 6.07) is 0.606. The Morgan fingerprint density at radius 2 is 2.00 bits per heavy atom. The van der Waals surface area contributed by atoms with E-state index < -0.39 is 0 Å². The SMILES string of the molecule is [C-]#[N+]C1(C)CN(C(C)C)C1. The van der Waals surface area contributed by atoms with Crippen LogP contribution >= 0.6 is 0 Å². The molecule has 2 heteroatoms. The van der Waals surface area contributed by atoms with Crippen LogP contribution in [0.15, 0.2) is 0 Å². The molecule has 0 radical (unpaired) electrons. The third kappa shape index (κ3) is 1.15. The molecule has 0 N–H and O–H groups in total. The summed E-state index contributed by atoms with van der Waals surface area (Å²) in [5.74, 6) is 0. The van der Waals surface area contributed by atoms with E-state index in [0.717, 1.165) is 13.1 Å². The zero-order valence-electron chi connectivity index (χ0n) is 6.89. The van der Waals surface area contributed by atoms with Gasteiger partial charge in [0.05, 0.1) is 13.1 Å². The molecule has 0 amide bonds. The van der Waals surface area contributed by atoms with Gasteiger partial charge in [-0.05, 0) is 13.8 Å². The highest BCUT2D eigenvalue weighted by atomic mass is 15.3. The Labute approximate surface area is 62.7 Å². The van der Waals surface area contributed by atoms with Crippen molar-refractivity contribution in [2.45, 2.75) is 32.4 Å². The third-order valence-electron chi connectivity index (χ3n) is 2.09. The molecule has 1 heterocycles. The first-order valence-corrected chi connectivity index (χ1v) is 3.70. The largest absolute Gasteiger partial charge is 0.308 e. The monoisotopic (exact) mass is 138 g/mol. The molecule has 10 heavy (non-hydrogen) atoms. The van der Waals surface area contributed by atoms with Gasteiger partial charge in [0.2, 0.25) is 0 Å². The molecule has 0 aromatic rings. The Morgan fingerprint density at radius 1 is 1.50 bits per heavy atom. The van der Waals surface area contributed by atoms with Crippen LogP contribution in [0.5, 0.6) is 0 Å². The van der Waals surface area contributed by atoms with Crippen LogP contribution in [0.25, 0.3) is 4.85 Å². The van der Waals surface area contributed by atoms with Gasteiger partial charge in [-0.15, -0.1) is 0 Å². The van der Waals surface area contributed by atoms with Gasteiger partial charge in [0, 0.05) is 13.0 Å². The Kier molecular flexibility index (Phi) is 1.70. The minimum absolute atomic E-state index is 0.0652. The van der Waals surface area contributed by atoms with E-state index in [4.69, 9.17) is 6.57 Å².